The number of carbonyl (C=O) groups excluding carboxylic acids is 2. The van der Waals surface area contributed by atoms with Crippen LogP contribution < -0.4 is 16.2 Å². The number of hydrogen-bond donors (Lipinski definition) is 3. The fourth-order valence-electron chi connectivity index (χ4n) is 3.26. The summed E-state index contributed by atoms with van der Waals surface area (Å²) in [6.07, 6.45) is -0.149. The van der Waals surface area contributed by atoms with Crippen molar-refractivity contribution in [2.75, 3.05) is 10.6 Å². The Kier molecular flexibility index (Phi) is 6.11. The number of aromatic amines is 1. The minimum absolute atomic E-state index is 0.116. The van der Waals surface area contributed by atoms with Crippen molar-refractivity contribution in [3.8, 4) is 0 Å². The summed E-state index contributed by atoms with van der Waals surface area (Å²) in [6, 6.07) is 14.8. The highest BCUT2D eigenvalue weighted by atomic mass is 35.5. The van der Waals surface area contributed by atoms with E-state index in [1.807, 2.05) is 31.2 Å². The summed E-state index contributed by atoms with van der Waals surface area (Å²) in [6.45, 7) is 2.01. The Bertz CT molecular complexity index is 1210. The van der Waals surface area contributed by atoms with Gasteiger partial charge in [0, 0.05) is 12.2 Å². The number of thioether (sulfide) groups is 1. The van der Waals surface area contributed by atoms with E-state index in [1.165, 1.54) is 11.8 Å². The minimum atomic E-state index is -0.965. The van der Waals surface area contributed by atoms with E-state index in [0.29, 0.717) is 21.6 Å². The lowest BCUT2D eigenvalue weighted by molar-refractivity contribution is -0.123. The van der Waals surface area contributed by atoms with Crippen molar-refractivity contribution in [3.05, 3.63) is 80.6 Å². The number of anilines is 2. The highest BCUT2D eigenvalue weighted by Gasteiger charge is 2.35. The molecule has 0 fully saturated rings. The molecule has 2 aromatic carbocycles. The van der Waals surface area contributed by atoms with Crippen molar-refractivity contribution in [2.45, 2.75) is 30.2 Å². The molecule has 4 rings (SSSR count). The lowest BCUT2D eigenvalue weighted by Crippen LogP contribution is -2.36. The van der Waals surface area contributed by atoms with Crippen LogP contribution in [0.25, 0.3) is 0 Å². The molecule has 3 N–H and O–H groups in total. The molecular formula is C22H19ClN4O3S. The molecule has 1 unspecified atom stereocenters. The van der Waals surface area contributed by atoms with Crippen molar-refractivity contribution < 1.29 is 9.59 Å². The van der Waals surface area contributed by atoms with Crippen molar-refractivity contribution in [1.82, 2.24) is 9.97 Å². The molecule has 1 aromatic heterocycles. The first kappa shape index (κ1) is 21.1. The number of benzene rings is 2. The van der Waals surface area contributed by atoms with Crippen LogP contribution in [0, 0.1) is 6.92 Å². The van der Waals surface area contributed by atoms with Crippen LogP contribution in [0.5, 0.6) is 0 Å². The van der Waals surface area contributed by atoms with Gasteiger partial charge in [-0.3, -0.25) is 14.4 Å². The van der Waals surface area contributed by atoms with Gasteiger partial charge in [0.05, 0.1) is 22.2 Å². The summed E-state index contributed by atoms with van der Waals surface area (Å²) in [7, 11) is 0. The van der Waals surface area contributed by atoms with Crippen LogP contribution in [0.3, 0.4) is 0 Å². The van der Waals surface area contributed by atoms with E-state index in [4.69, 9.17) is 11.6 Å². The van der Waals surface area contributed by atoms with Crippen LogP contribution in [-0.2, 0) is 15.3 Å². The predicted octanol–water partition coefficient (Wildman–Crippen LogP) is 4.09. The quantitative estimate of drug-likeness (QED) is 0.398. The molecule has 3 aromatic rings. The van der Waals surface area contributed by atoms with Gasteiger partial charge in [-0.2, -0.15) is 0 Å². The number of fused-ring (bicyclic) bond motifs is 1. The number of carbonyl (C=O) groups is 2. The van der Waals surface area contributed by atoms with Gasteiger partial charge in [0.2, 0.25) is 11.8 Å². The van der Waals surface area contributed by atoms with Crippen molar-refractivity contribution >= 4 is 46.7 Å². The molecule has 0 saturated heterocycles. The summed E-state index contributed by atoms with van der Waals surface area (Å²) in [4.78, 5) is 45.0. The van der Waals surface area contributed by atoms with Gasteiger partial charge < -0.3 is 15.6 Å². The number of aryl methyl sites for hydroxylation is 1. The zero-order valence-electron chi connectivity index (χ0n) is 16.6. The van der Waals surface area contributed by atoms with Crippen molar-refractivity contribution in [3.63, 3.8) is 0 Å². The van der Waals surface area contributed by atoms with E-state index in [2.05, 4.69) is 20.6 Å². The van der Waals surface area contributed by atoms with Gasteiger partial charge in [0.25, 0.3) is 5.56 Å². The second kappa shape index (κ2) is 8.95. The molecule has 0 bridgehead atoms. The summed E-state index contributed by atoms with van der Waals surface area (Å²) in [5.74, 6) is -1.11. The van der Waals surface area contributed by atoms with Gasteiger partial charge in [-0.1, -0.05) is 65.3 Å². The molecule has 2 amide bonds. The molecule has 1 atom stereocenters. The smallest absolute Gasteiger partial charge is 0.257 e. The van der Waals surface area contributed by atoms with E-state index in [1.54, 1.807) is 24.3 Å². The third-order valence-corrected chi connectivity index (χ3v) is 6.15. The third kappa shape index (κ3) is 4.81. The van der Waals surface area contributed by atoms with Gasteiger partial charge in [-0.25, -0.2) is 4.98 Å². The Hall–Kier alpha value is -3.10. The average Bonchev–Trinajstić information content (AvgIpc) is 2.74. The largest absolute Gasteiger partial charge is 0.324 e. The maximum absolute atomic E-state index is 12.9. The normalized spacial score (nSPS) is 15.2. The van der Waals surface area contributed by atoms with E-state index in [9.17, 15) is 14.4 Å². The maximum Gasteiger partial charge on any atom is 0.257 e. The maximum atomic E-state index is 12.9. The van der Waals surface area contributed by atoms with E-state index < -0.39 is 17.4 Å². The monoisotopic (exact) mass is 454 g/mol. The van der Waals surface area contributed by atoms with Crippen LogP contribution in [-0.4, -0.2) is 21.8 Å². The van der Waals surface area contributed by atoms with Crippen molar-refractivity contribution in [2.24, 2.45) is 0 Å². The zero-order chi connectivity index (χ0) is 22.0. The molecule has 1 aliphatic heterocycles. The summed E-state index contributed by atoms with van der Waals surface area (Å²) >= 11 is 7.45. The van der Waals surface area contributed by atoms with Crippen LogP contribution in [0.1, 0.15) is 29.0 Å². The van der Waals surface area contributed by atoms with Gasteiger partial charge >= 0.3 is 0 Å². The summed E-state index contributed by atoms with van der Waals surface area (Å²) < 4.78 is 0. The number of hydrogen-bond acceptors (Lipinski definition) is 5. The number of rotatable bonds is 5. The van der Waals surface area contributed by atoms with Crippen LogP contribution in [0.2, 0.25) is 5.02 Å². The van der Waals surface area contributed by atoms with Crippen LogP contribution in [0.4, 0.5) is 11.5 Å². The lowest BCUT2D eigenvalue weighted by Gasteiger charge is -2.23. The van der Waals surface area contributed by atoms with Crippen molar-refractivity contribution in [1.29, 1.82) is 0 Å². The second-order valence-corrected chi connectivity index (χ2v) is 8.55. The SMILES string of the molecule is Cc1ccc(CSc2nc3c(c(=O)[nH]2)C(C(=O)Nc2ccccc2Cl)CC(=O)N3)cc1. The second-order valence-electron chi connectivity index (χ2n) is 7.18. The average molecular weight is 455 g/mol. The molecule has 31 heavy (non-hydrogen) atoms. The molecule has 9 heteroatoms. The minimum Gasteiger partial charge on any atom is -0.324 e. The summed E-state index contributed by atoms with van der Waals surface area (Å²) in [5.41, 5.74) is 2.35. The number of aromatic nitrogens is 2. The number of halogens is 1. The highest BCUT2D eigenvalue weighted by molar-refractivity contribution is 7.98. The Morgan fingerprint density at radius 3 is 2.68 bits per heavy atom. The first-order valence-electron chi connectivity index (χ1n) is 9.58. The van der Waals surface area contributed by atoms with Crippen LogP contribution in [0.15, 0.2) is 58.5 Å². The van der Waals surface area contributed by atoms with E-state index >= 15 is 0 Å². The molecule has 7 nitrogen and oxygen atoms in total. The Morgan fingerprint density at radius 1 is 1.19 bits per heavy atom. The summed E-state index contributed by atoms with van der Waals surface area (Å²) in [5, 5.41) is 6.05. The lowest BCUT2D eigenvalue weighted by atomic mass is 9.92. The zero-order valence-corrected chi connectivity index (χ0v) is 18.1. The van der Waals surface area contributed by atoms with E-state index in [-0.39, 0.29) is 23.7 Å². The molecule has 0 spiro atoms. The fraction of sp³-hybridized carbons (Fsp3) is 0.182. The van der Waals surface area contributed by atoms with Gasteiger partial charge in [-0.15, -0.1) is 0 Å². The van der Waals surface area contributed by atoms with Crippen LogP contribution >= 0.6 is 23.4 Å². The number of H-pyrrole nitrogens is 1. The number of nitrogens with one attached hydrogen (secondary N) is 3. The predicted molar refractivity (Wildman–Crippen MR) is 122 cm³/mol. The standard InChI is InChI=1S/C22H19ClN4O3S/c1-12-6-8-13(9-7-12)11-31-22-26-19-18(21(30)27-22)14(10-17(28)25-19)20(29)24-16-5-3-2-4-15(16)23/h2-9,14H,10-11H2,1H3,(H,24,29)(H2,25,26,27,28,30). The Morgan fingerprint density at radius 2 is 1.94 bits per heavy atom. The molecule has 0 saturated carbocycles. The first-order chi connectivity index (χ1) is 14.9. The Balaban J connectivity index is 1.58. The molecule has 1 aliphatic rings. The van der Waals surface area contributed by atoms with E-state index in [0.717, 1.165) is 11.1 Å². The first-order valence-corrected chi connectivity index (χ1v) is 10.9. The molecule has 0 radical (unpaired) electrons. The number of amides is 2. The topological polar surface area (TPSA) is 104 Å². The molecule has 2 heterocycles. The third-order valence-electron chi connectivity index (χ3n) is 4.87. The van der Waals surface area contributed by atoms with Gasteiger partial charge in [0.1, 0.15) is 5.82 Å². The number of para-hydroxylation sites is 1. The number of nitrogens with zero attached hydrogens (tertiary/aromatic N) is 1. The molecule has 0 aliphatic carbocycles. The fourth-order valence-corrected chi connectivity index (χ4v) is 4.26. The highest BCUT2D eigenvalue weighted by Crippen LogP contribution is 2.31. The van der Waals surface area contributed by atoms with Gasteiger partial charge in [-0.05, 0) is 24.6 Å². The van der Waals surface area contributed by atoms with Gasteiger partial charge in [0.15, 0.2) is 5.16 Å². The Labute approximate surface area is 187 Å². The molecular weight excluding hydrogens is 436 g/mol. The molecule has 158 valence electrons.